The van der Waals surface area contributed by atoms with E-state index in [4.69, 9.17) is 0 Å². The van der Waals surface area contributed by atoms with Gasteiger partial charge in [0.15, 0.2) is 0 Å². The van der Waals surface area contributed by atoms with E-state index in [-0.39, 0.29) is 115 Å². The molecule has 4 unspecified atom stereocenters. The number of nitrogens with zero attached hydrogens (tertiary/aromatic N) is 2. The number of thiophene rings is 2. The van der Waals surface area contributed by atoms with Gasteiger partial charge in [-0.15, -0.1) is 22.7 Å². The first-order valence-electron chi connectivity index (χ1n) is 12.5. The smallest absolute Gasteiger partial charge is 0.543 e. The first-order chi connectivity index (χ1) is 20.1. The van der Waals surface area contributed by atoms with Gasteiger partial charge in [0, 0.05) is 35.0 Å². The van der Waals surface area contributed by atoms with Gasteiger partial charge in [-0.1, -0.05) is 35.7 Å². The van der Waals surface area contributed by atoms with E-state index in [9.17, 15) is 39.0 Å². The van der Waals surface area contributed by atoms with Crippen molar-refractivity contribution >= 4 is 80.2 Å². The molecule has 0 radical (unpaired) electrons. The van der Waals surface area contributed by atoms with Gasteiger partial charge >= 0.3 is 59.1 Å². The minimum Gasteiger partial charge on any atom is -0.543 e. The molecule has 12 nitrogen and oxygen atoms in total. The van der Waals surface area contributed by atoms with Gasteiger partial charge in [-0.3, -0.25) is 19.2 Å². The zero-order valence-electron chi connectivity index (χ0n) is 23.6. The number of fused-ring (bicyclic) bond motifs is 2. The van der Waals surface area contributed by atoms with Crippen LogP contribution in [0, 0.1) is 0 Å². The maximum atomic E-state index is 11.9. The number of carbonyl (C=O) groups excluding carboxylic acids is 6. The van der Waals surface area contributed by atoms with Gasteiger partial charge in [-0.2, -0.15) is 0 Å². The molecule has 2 N–H and O–H groups in total. The van der Waals surface area contributed by atoms with Crippen molar-refractivity contribution in [1.29, 1.82) is 0 Å². The summed E-state index contributed by atoms with van der Waals surface area (Å²) in [5.41, 5.74) is -0.208. The SMILES string of the molecule is O=C(Cc1cccs1)NC1CN2C(C(=O)[O-])=CC(=O)SC12.O=C(Cc1cccs1)NC1CN2C(C(=O)[O-])=CC(=O)SC12.[Na+].[Na+]. The van der Waals surface area contributed by atoms with E-state index in [0.717, 1.165) is 45.4 Å². The Bertz CT molecular complexity index is 1370. The molecule has 4 aliphatic rings. The summed E-state index contributed by atoms with van der Waals surface area (Å²) in [6.07, 6.45) is 2.73. The van der Waals surface area contributed by atoms with Gasteiger partial charge in [-0.05, 0) is 22.9 Å². The number of amides is 2. The molecule has 2 amide bonds. The molecule has 2 saturated heterocycles. The van der Waals surface area contributed by atoms with E-state index in [1.54, 1.807) is 9.80 Å². The fourth-order valence-corrected chi connectivity index (χ4v) is 8.21. The second kappa shape index (κ2) is 16.3. The normalized spacial score (nSPS) is 22.8. The Kier molecular flexibility index (Phi) is 13.7. The third kappa shape index (κ3) is 8.80. The molecular formula is C26H22N4Na2O8S4. The van der Waals surface area contributed by atoms with Crippen LogP contribution in [0.15, 0.2) is 58.6 Å². The molecule has 4 atom stereocenters. The zero-order chi connectivity index (χ0) is 30.0. The fourth-order valence-electron chi connectivity index (χ4n) is 4.67. The van der Waals surface area contributed by atoms with E-state index >= 15 is 0 Å². The molecule has 44 heavy (non-hydrogen) atoms. The number of aliphatic carboxylic acids is 2. The zero-order valence-corrected chi connectivity index (χ0v) is 30.8. The molecular weight excluding hydrogens is 671 g/mol. The quantitative estimate of drug-likeness (QED) is 0.250. The monoisotopic (exact) mass is 692 g/mol. The molecule has 220 valence electrons. The summed E-state index contributed by atoms with van der Waals surface area (Å²) in [6.45, 7) is 0.752. The van der Waals surface area contributed by atoms with Crippen LogP contribution in [-0.4, -0.2) is 79.7 Å². The van der Waals surface area contributed by atoms with Crippen molar-refractivity contribution in [2.24, 2.45) is 0 Å². The Morgan fingerprint density at radius 3 is 1.43 bits per heavy atom. The standard InChI is InChI=1S/2C13H12N2O4S2.2Na/c2*16-10(4-7-2-1-3-20-7)14-8-6-15-9(13(18)19)5-11(17)21-12(8)15;;/h2*1-3,5,8,12H,4,6H2,(H,14,16)(H,18,19);;/q;;2*+1/p-2. The maximum absolute atomic E-state index is 11.9. The van der Waals surface area contributed by atoms with E-state index in [1.165, 1.54) is 22.7 Å². The minimum atomic E-state index is -1.36. The molecule has 0 spiro atoms. The van der Waals surface area contributed by atoms with E-state index in [0.29, 0.717) is 25.9 Å². The Labute approximate surface area is 312 Å². The largest absolute Gasteiger partial charge is 1.00 e. The first-order valence-corrected chi connectivity index (χ1v) is 16.0. The summed E-state index contributed by atoms with van der Waals surface area (Å²) >= 11 is 5.06. The van der Waals surface area contributed by atoms with Crippen molar-refractivity contribution < 1.29 is 98.1 Å². The van der Waals surface area contributed by atoms with Crippen LogP contribution < -0.4 is 80.0 Å². The Hall–Kier alpha value is -1.60. The van der Waals surface area contributed by atoms with Crippen molar-refractivity contribution in [3.8, 4) is 0 Å². The number of rotatable bonds is 8. The summed E-state index contributed by atoms with van der Waals surface area (Å²) in [6, 6.07) is 7.07. The molecule has 0 bridgehead atoms. The first kappa shape index (κ1) is 36.9. The predicted octanol–water partition coefficient (Wildman–Crippen LogP) is -7.34. The van der Waals surface area contributed by atoms with Gasteiger partial charge in [0.25, 0.3) is 0 Å². The van der Waals surface area contributed by atoms with Gasteiger partial charge in [0.2, 0.25) is 22.0 Å². The summed E-state index contributed by atoms with van der Waals surface area (Å²) in [5, 5.41) is 30.1. The molecule has 2 aromatic rings. The molecule has 6 heterocycles. The third-order valence-corrected chi connectivity index (χ3v) is 10.7. The molecule has 0 aliphatic carbocycles. The van der Waals surface area contributed by atoms with E-state index < -0.39 is 11.9 Å². The van der Waals surface area contributed by atoms with Crippen molar-refractivity contribution in [1.82, 2.24) is 20.4 Å². The molecule has 6 rings (SSSR count). The number of hydrogen-bond donors (Lipinski definition) is 2. The van der Waals surface area contributed by atoms with Crippen LogP contribution in [0.2, 0.25) is 0 Å². The molecule has 2 aromatic heterocycles. The van der Waals surface area contributed by atoms with Crippen LogP contribution in [-0.2, 0) is 41.6 Å². The van der Waals surface area contributed by atoms with Crippen molar-refractivity contribution in [2.45, 2.75) is 35.7 Å². The van der Waals surface area contributed by atoms with Crippen molar-refractivity contribution in [3.63, 3.8) is 0 Å². The van der Waals surface area contributed by atoms with Crippen LogP contribution in [0.1, 0.15) is 9.75 Å². The fraction of sp³-hybridized carbons (Fsp3) is 0.308. The number of carbonyl (C=O) groups is 6. The van der Waals surface area contributed by atoms with Crippen LogP contribution in [0.4, 0.5) is 0 Å². The topological polar surface area (TPSA) is 179 Å². The second-order valence-electron chi connectivity index (χ2n) is 9.45. The van der Waals surface area contributed by atoms with Gasteiger partial charge in [-0.25, -0.2) is 0 Å². The van der Waals surface area contributed by atoms with Gasteiger partial charge < -0.3 is 40.2 Å². The number of hydrogen-bond acceptors (Lipinski definition) is 14. The van der Waals surface area contributed by atoms with Crippen molar-refractivity contribution in [2.75, 3.05) is 13.1 Å². The van der Waals surface area contributed by atoms with E-state index in [1.807, 2.05) is 35.0 Å². The third-order valence-electron chi connectivity index (χ3n) is 6.63. The predicted molar refractivity (Wildman–Crippen MR) is 152 cm³/mol. The van der Waals surface area contributed by atoms with Gasteiger partial charge in [0.05, 0.1) is 48.3 Å². The molecule has 0 saturated carbocycles. The maximum Gasteiger partial charge on any atom is 1.00 e. The summed E-state index contributed by atoms with van der Waals surface area (Å²) < 4.78 is 0. The molecule has 0 aromatic carbocycles. The Morgan fingerprint density at radius 2 is 1.11 bits per heavy atom. The van der Waals surface area contributed by atoms with Crippen molar-refractivity contribution in [3.05, 3.63) is 68.3 Å². The average Bonchev–Trinajstić information content (AvgIpc) is 3.62. The summed E-state index contributed by atoms with van der Waals surface area (Å²) in [4.78, 5) is 73.9. The van der Waals surface area contributed by atoms with E-state index in [2.05, 4.69) is 10.6 Å². The minimum absolute atomic E-state index is 0. The van der Waals surface area contributed by atoms with Crippen LogP contribution >= 0.6 is 46.2 Å². The number of nitrogens with one attached hydrogen (secondary N) is 2. The van der Waals surface area contributed by atoms with Crippen LogP contribution in [0.5, 0.6) is 0 Å². The van der Waals surface area contributed by atoms with Crippen LogP contribution in [0.25, 0.3) is 0 Å². The molecule has 18 heteroatoms. The Balaban J connectivity index is 0.000000230. The summed E-state index contributed by atoms with van der Waals surface area (Å²) in [7, 11) is 0. The van der Waals surface area contributed by atoms with Crippen LogP contribution in [0.3, 0.4) is 0 Å². The van der Waals surface area contributed by atoms with Gasteiger partial charge in [0.1, 0.15) is 10.7 Å². The Morgan fingerprint density at radius 1 is 0.727 bits per heavy atom. The number of carboxylic acid groups (broad SMARTS) is 2. The second-order valence-corrected chi connectivity index (χ2v) is 13.8. The average molecular weight is 693 g/mol. The number of thioether (sulfide) groups is 2. The molecule has 4 aliphatic heterocycles. The molecule has 2 fully saturated rings. The number of carboxylic acids is 2. The summed E-state index contributed by atoms with van der Waals surface area (Å²) in [5.74, 6) is -2.98.